The number of aromatic nitrogens is 1. The summed E-state index contributed by atoms with van der Waals surface area (Å²) in [5.74, 6) is -0.0542. The molecule has 2 aromatic rings. The van der Waals surface area contributed by atoms with Crippen LogP contribution in [-0.2, 0) is 4.74 Å². The Morgan fingerprint density at radius 2 is 2.05 bits per heavy atom. The first-order chi connectivity index (χ1) is 9.65. The summed E-state index contributed by atoms with van der Waals surface area (Å²) in [5.41, 5.74) is 0.574. The third kappa shape index (κ3) is 3.08. The van der Waals surface area contributed by atoms with Crippen molar-refractivity contribution in [3.05, 3.63) is 41.2 Å². The van der Waals surface area contributed by atoms with Crippen LogP contribution in [0.1, 0.15) is 16.8 Å². The molecule has 1 aromatic heterocycles. The Bertz CT molecular complexity index is 616. The first-order valence-corrected chi connectivity index (χ1v) is 6.80. The number of pyridine rings is 1. The molecule has 2 rings (SSSR count). The zero-order chi connectivity index (χ0) is 14.5. The highest BCUT2D eigenvalue weighted by Gasteiger charge is 2.16. The number of fused-ring (bicyclic) bond motifs is 1. The van der Waals surface area contributed by atoms with Crippen molar-refractivity contribution in [2.45, 2.75) is 6.42 Å². The van der Waals surface area contributed by atoms with Crippen molar-refractivity contribution in [1.29, 1.82) is 0 Å². The van der Waals surface area contributed by atoms with Crippen LogP contribution in [0.2, 0.25) is 5.15 Å². The van der Waals surface area contributed by atoms with Gasteiger partial charge in [-0.3, -0.25) is 4.79 Å². The van der Waals surface area contributed by atoms with E-state index >= 15 is 0 Å². The fourth-order valence-electron chi connectivity index (χ4n) is 2.08. The average Bonchev–Trinajstić information content (AvgIpc) is 2.47. The molecule has 0 spiro atoms. The maximum atomic E-state index is 12.5. The molecule has 0 unspecified atom stereocenters. The maximum Gasteiger partial charge on any atom is 0.255 e. The van der Waals surface area contributed by atoms with Gasteiger partial charge in [-0.05, 0) is 11.8 Å². The molecule has 0 fully saturated rings. The highest BCUT2D eigenvalue weighted by Crippen LogP contribution is 2.24. The zero-order valence-electron chi connectivity index (χ0n) is 11.6. The predicted octanol–water partition coefficient (Wildman–Crippen LogP) is 3.00. The van der Waals surface area contributed by atoms with E-state index in [0.717, 1.165) is 17.2 Å². The predicted molar refractivity (Wildman–Crippen MR) is 80.2 cm³/mol. The first kappa shape index (κ1) is 14.8. The lowest BCUT2D eigenvalue weighted by molar-refractivity contribution is 0.0781. The van der Waals surface area contributed by atoms with Gasteiger partial charge in [0, 0.05) is 38.9 Å². The summed E-state index contributed by atoms with van der Waals surface area (Å²) in [6.07, 6.45) is 2.34. The number of hydrogen-bond acceptors (Lipinski definition) is 3. The van der Waals surface area contributed by atoms with Gasteiger partial charge in [0.15, 0.2) is 0 Å². The highest BCUT2D eigenvalue weighted by atomic mass is 35.5. The Morgan fingerprint density at radius 3 is 2.75 bits per heavy atom. The molecule has 0 aliphatic rings. The molecular formula is C15H17ClN2O2. The number of ether oxygens (including phenoxy) is 1. The number of nitrogens with zero attached hydrogens (tertiary/aromatic N) is 2. The quantitative estimate of drug-likeness (QED) is 0.628. The van der Waals surface area contributed by atoms with E-state index in [1.54, 1.807) is 25.3 Å². The molecule has 0 aliphatic carbocycles. The molecule has 5 heteroatoms. The van der Waals surface area contributed by atoms with Crippen LogP contribution in [-0.4, -0.2) is 43.1 Å². The van der Waals surface area contributed by atoms with E-state index in [1.165, 1.54) is 0 Å². The van der Waals surface area contributed by atoms with E-state index in [0.29, 0.717) is 23.9 Å². The number of halogens is 1. The molecule has 0 N–H and O–H groups in total. The summed E-state index contributed by atoms with van der Waals surface area (Å²) >= 11 is 6.06. The number of methoxy groups -OCH3 is 1. The van der Waals surface area contributed by atoms with Crippen molar-refractivity contribution in [3.8, 4) is 0 Å². The molecule has 0 atom stereocenters. The van der Waals surface area contributed by atoms with Gasteiger partial charge in [0.2, 0.25) is 0 Å². The van der Waals surface area contributed by atoms with Crippen LogP contribution in [0.3, 0.4) is 0 Å². The molecule has 4 nitrogen and oxygen atoms in total. The van der Waals surface area contributed by atoms with Gasteiger partial charge in [0.25, 0.3) is 5.91 Å². The number of amides is 1. The van der Waals surface area contributed by atoms with Gasteiger partial charge in [-0.2, -0.15) is 0 Å². The van der Waals surface area contributed by atoms with E-state index < -0.39 is 0 Å². The van der Waals surface area contributed by atoms with Gasteiger partial charge in [-0.15, -0.1) is 0 Å². The standard InChI is InChI=1S/C15H17ClN2O2/c1-18(8-5-9-20-2)15(19)13-10-17-14(16)12-7-4-3-6-11(12)13/h3-4,6-7,10H,5,8-9H2,1-2H3. The largest absolute Gasteiger partial charge is 0.385 e. The molecule has 0 saturated heterocycles. The maximum absolute atomic E-state index is 12.5. The Kier molecular flexibility index (Phi) is 4.93. The van der Waals surface area contributed by atoms with Gasteiger partial charge in [0.05, 0.1) is 5.56 Å². The Hall–Kier alpha value is -1.65. The summed E-state index contributed by atoms with van der Waals surface area (Å²) in [4.78, 5) is 18.2. The molecular weight excluding hydrogens is 276 g/mol. The second-order valence-electron chi connectivity index (χ2n) is 4.58. The fraction of sp³-hybridized carbons (Fsp3) is 0.333. The molecule has 0 bridgehead atoms. The monoisotopic (exact) mass is 292 g/mol. The molecule has 1 amide bonds. The molecule has 0 radical (unpaired) electrons. The van der Waals surface area contributed by atoms with Crippen LogP contribution < -0.4 is 0 Å². The second kappa shape index (κ2) is 6.68. The molecule has 0 aliphatic heterocycles. The van der Waals surface area contributed by atoms with Crippen molar-refractivity contribution >= 4 is 28.3 Å². The van der Waals surface area contributed by atoms with Gasteiger partial charge >= 0.3 is 0 Å². The minimum absolute atomic E-state index is 0.0542. The molecule has 0 saturated carbocycles. The fourth-order valence-corrected chi connectivity index (χ4v) is 2.30. The van der Waals surface area contributed by atoms with Gasteiger partial charge < -0.3 is 9.64 Å². The molecule has 106 valence electrons. The van der Waals surface area contributed by atoms with Crippen LogP contribution in [0, 0.1) is 0 Å². The smallest absolute Gasteiger partial charge is 0.255 e. The number of rotatable bonds is 5. The number of benzene rings is 1. The van der Waals surface area contributed by atoms with Crippen molar-refractivity contribution in [3.63, 3.8) is 0 Å². The van der Waals surface area contributed by atoms with E-state index in [2.05, 4.69) is 4.98 Å². The lowest BCUT2D eigenvalue weighted by atomic mass is 10.1. The molecule has 1 aromatic carbocycles. The highest BCUT2D eigenvalue weighted by molar-refractivity contribution is 6.34. The van der Waals surface area contributed by atoms with Crippen LogP contribution in [0.15, 0.2) is 30.5 Å². The number of carbonyl (C=O) groups excluding carboxylic acids is 1. The van der Waals surface area contributed by atoms with Crippen LogP contribution in [0.25, 0.3) is 10.8 Å². The van der Waals surface area contributed by atoms with Crippen LogP contribution >= 0.6 is 11.6 Å². The number of hydrogen-bond donors (Lipinski definition) is 0. The van der Waals surface area contributed by atoms with Crippen LogP contribution in [0.4, 0.5) is 0 Å². The van der Waals surface area contributed by atoms with E-state index in [1.807, 2.05) is 24.3 Å². The van der Waals surface area contributed by atoms with Gasteiger partial charge in [-0.25, -0.2) is 4.98 Å². The van der Waals surface area contributed by atoms with Gasteiger partial charge in [-0.1, -0.05) is 35.9 Å². The lowest BCUT2D eigenvalue weighted by Gasteiger charge is -2.18. The first-order valence-electron chi connectivity index (χ1n) is 6.42. The average molecular weight is 293 g/mol. The Labute approximate surface area is 123 Å². The molecule has 20 heavy (non-hydrogen) atoms. The Morgan fingerprint density at radius 1 is 1.35 bits per heavy atom. The summed E-state index contributed by atoms with van der Waals surface area (Å²) < 4.78 is 5.00. The minimum atomic E-state index is -0.0542. The lowest BCUT2D eigenvalue weighted by Crippen LogP contribution is -2.28. The summed E-state index contributed by atoms with van der Waals surface area (Å²) in [6.45, 7) is 1.28. The van der Waals surface area contributed by atoms with Crippen molar-refractivity contribution in [1.82, 2.24) is 9.88 Å². The number of carbonyl (C=O) groups is 1. The molecule has 1 heterocycles. The van der Waals surface area contributed by atoms with Crippen molar-refractivity contribution in [2.75, 3.05) is 27.3 Å². The third-order valence-corrected chi connectivity index (χ3v) is 3.47. The summed E-state index contributed by atoms with van der Waals surface area (Å²) in [7, 11) is 3.43. The third-order valence-electron chi connectivity index (χ3n) is 3.17. The normalized spacial score (nSPS) is 10.8. The van der Waals surface area contributed by atoms with Crippen molar-refractivity contribution in [2.24, 2.45) is 0 Å². The van der Waals surface area contributed by atoms with E-state index in [9.17, 15) is 4.79 Å². The second-order valence-corrected chi connectivity index (χ2v) is 4.94. The van der Waals surface area contributed by atoms with Crippen LogP contribution in [0.5, 0.6) is 0 Å². The van der Waals surface area contributed by atoms with E-state index in [-0.39, 0.29) is 5.91 Å². The summed E-state index contributed by atoms with van der Waals surface area (Å²) in [5, 5.41) is 2.04. The summed E-state index contributed by atoms with van der Waals surface area (Å²) in [6, 6.07) is 7.53. The zero-order valence-corrected chi connectivity index (χ0v) is 12.4. The van der Waals surface area contributed by atoms with Crippen molar-refractivity contribution < 1.29 is 9.53 Å². The Balaban J connectivity index is 2.28. The SMILES string of the molecule is COCCCN(C)C(=O)c1cnc(Cl)c2ccccc12. The minimum Gasteiger partial charge on any atom is -0.385 e. The topological polar surface area (TPSA) is 42.4 Å². The van der Waals surface area contributed by atoms with Gasteiger partial charge in [0.1, 0.15) is 5.15 Å². The van der Waals surface area contributed by atoms with E-state index in [4.69, 9.17) is 16.3 Å².